The SMILES string of the molecule is COc1ccc(C[C@@H]2CN(C(=O)c3coc(C)n3)CCO2)cc1. The molecule has 6 nitrogen and oxygen atoms in total. The highest BCUT2D eigenvalue weighted by Gasteiger charge is 2.26. The zero-order valence-electron chi connectivity index (χ0n) is 13.3. The number of aromatic nitrogens is 1. The van der Waals surface area contributed by atoms with Gasteiger partial charge in [0, 0.05) is 26.4 Å². The predicted octanol–water partition coefficient (Wildman–Crippen LogP) is 2.08. The standard InChI is InChI=1S/C17H20N2O4/c1-12-18-16(11-23-12)17(20)19-7-8-22-15(10-19)9-13-3-5-14(21-2)6-4-13/h3-6,11,15H,7-10H2,1-2H3/t15-/m1/s1. The second-order valence-corrected chi connectivity index (χ2v) is 5.55. The quantitative estimate of drug-likeness (QED) is 0.864. The van der Waals surface area contributed by atoms with E-state index in [9.17, 15) is 4.79 Å². The van der Waals surface area contributed by atoms with Gasteiger partial charge in [-0.05, 0) is 17.7 Å². The summed E-state index contributed by atoms with van der Waals surface area (Å²) in [5.41, 5.74) is 1.51. The lowest BCUT2D eigenvalue weighted by atomic mass is 10.1. The van der Waals surface area contributed by atoms with Gasteiger partial charge in [-0.1, -0.05) is 12.1 Å². The van der Waals surface area contributed by atoms with Crippen molar-refractivity contribution in [1.82, 2.24) is 9.88 Å². The van der Waals surface area contributed by atoms with Crippen LogP contribution in [0.5, 0.6) is 5.75 Å². The van der Waals surface area contributed by atoms with Crippen molar-refractivity contribution < 1.29 is 18.7 Å². The summed E-state index contributed by atoms with van der Waals surface area (Å²) in [6, 6.07) is 7.90. The molecule has 1 aromatic carbocycles. The summed E-state index contributed by atoms with van der Waals surface area (Å²) in [5.74, 6) is 1.22. The minimum Gasteiger partial charge on any atom is -0.497 e. The van der Waals surface area contributed by atoms with Crippen LogP contribution in [0, 0.1) is 6.92 Å². The van der Waals surface area contributed by atoms with E-state index in [0.29, 0.717) is 31.3 Å². The van der Waals surface area contributed by atoms with Gasteiger partial charge in [0.2, 0.25) is 0 Å². The summed E-state index contributed by atoms with van der Waals surface area (Å²) in [5, 5.41) is 0. The Morgan fingerprint density at radius 3 is 2.83 bits per heavy atom. The molecule has 1 aliphatic rings. The van der Waals surface area contributed by atoms with Crippen molar-refractivity contribution in [2.75, 3.05) is 26.8 Å². The summed E-state index contributed by atoms with van der Waals surface area (Å²) in [7, 11) is 1.65. The van der Waals surface area contributed by atoms with E-state index < -0.39 is 0 Å². The highest BCUT2D eigenvalue weighted by atomic mass is 16.5. The summed E-state index contributed by atoms with van der Waals surface area (Å²) in [4.78, 5) is 18.3. The van der Waals surface area contributed by atoms with Crippen LogP contribution in [0.25, 0.3) is 0 Å². The first-order chi connectivity index (χ1) is 11.2. The number of hydrogen-bond donors (Lipinski definition) is 0. The first kappa shape index (κ1) is 15.6. The van der Waals surface area contributed by atoms with Gasteiger partial charge in [-0.3, -0.25) is 4.79 Å². The Labute approximate surface area is 135 Å². The zero-order valence-corrected chi connectivity index (χ0v) is 13.3. The third kappa shape index (κ3) is 3.71. The number of rotatable bonds is 4. The second-order valence-electron chi connectivity index (χ2n) is 5.55. The number of benzene rings is 1. The van der Waals surface area contributed by atoms with Crippen LogP contribution in [0.4, 0.5) is 0 Å². The first-order valence-corrected chi connectivity index (χ1v) is 7.61. The van der Waals surface area contributed by atoms with Gasteiger partial charge >= 0.3 is 0 Å². The highest BCUT2D eigenvalue weighted by Crippen LogP contribution is 2.17. The molecule has 2 aromatic rings. The van der Waals surface area contributed by atoms with Crippen molar-refractivity contribution in [2.45, 2.75) is 19.4 Å². The maximum absolute atomic E-state index is 12.4. The van der Waals surface area contributed by atoms with Gasteiger partial charge in [-0.15, -0.1) is 0 Å². The molecule has 1 fully saturated rings. The predicted molar refractivity (Wildman–Crippen MR) is 83.6 cm³/mol. The molecule has 23 heavy (non-hydrogen) atoms. The van der Waals surface area contributed by atoms with Crippen molar-refractivity contribution >= 4 is 5.91 Å². The Bertz CT molecular complexity index is 665. The number of amides is 1. The average molecular weight is 316 g/mol. The van der Waals surface area contributed by atoms with Gasteiger partial charge in [0.15, 0.2) is 11.6 Å². The second kappa shape index (κ2) is 6.83. The summed E-state index contributed by atoms with van der Waals surface area (Å²) >= 11 is 0. The smallest absolute Gasteiger partial charge is 0.275 e. The van der Waals surface area contributed by atoms with E-state index in [1.807, 2.05) is 24.3 Å². The molecular weight excluding hydrogens is 296 g/mol. The van der Waals surface area contributed by atoms with E-state index in [4.69, 9.17) is 13.9 Å². The van der Waals surface area contributed by atoms with Crippen LogP contribution in [-0.4, -0.2) is 48.7 Å². The molecule has 0 bridgehead atoms. The third-order valence-corrected chi connectivity index (χ3v) is 3.89. The topological polar surface area (TPSA) is 64.8 Å². The average Bonchev–Trinajstić information content (AvgIpc) is 3.01. The van der Waals surface area contributed by atoms with E-state index in [1.165, 1.54) is 6.26 Å². The van der Waals surface area contributed by atoms with Gasteiger partial charge < -0.3 is 18.8 Å². The Morgan fingerprint density at radius 2 is 2.17 bits per heavy atom. The van der Waals surface area contributed by atoms with Crippen LogP contribution in [0.1, 0.15) is 21.9 Å². The molecular formula is C17H20N2O4. The molecule has 3 rings (SSSR count). The minimum atomic E-state index is -0.107. The third-order valence-electron chi connectivity index (χ3n) is 3.89. The lowest BCUT2D eigenvalue weighted by molar-refractivity contribution is -0.0210. The van der Waals surface area contributed by atoms with Gasteiger partial charge in [0.1, 0.15) is 12.0 Å². The lowest BCUT2D eigenvalue weighted by Crippen LogP contribution is -2.46. The minimum absolute atomic E-state index is 0.0194. The van der Waals surface area contributed by atoms with Gasteiger partial charge in [-0.25, -0.2) is 4.98 Å². The fraction of sp³-hybridized carbons (Fsp3) is 0.412. The monoisotopic (exact) mass is 316 g/mol. The number of carbonyl (C=O) groups excluding carboxylic acids is 1. The molecule has 0 spiro atoms. The van der Waals surface area contributed by atoms with E-state index in [2.05, 4.69) is 4.98 Å². The van der Waals surface area contributed by atoms with E-state index in [1.54, 1.807) is 18.9 Å². The van der Waals surface area contributed by atoms with Crippen LogP contribution in [-0.2, 0) is 11.2 Å². The molecule has 0 radical (unpaired) electrons. The summed E-state index contributed by atoms with van der Waals surface area (Å²) in [6.07, 6.45) is 2.14. The Hall–Kier alpha value is -2.34. The molecule has 122 valence electrons. The molecule has 1 atom stereocenters. The number of methoxy groups -OCH3 is 1. The number of carbonyl (C=O) groups is 1. The maximum Gasteiger partial charge on any atom is 0.275 e. The number of oxazole rings is 1. The van der Waals surface area contributed by atoms with E-state index in [-0.39, 0.29) is 12.0 Å². The molecule has 2 heterocycles. The van der Waals surface area contributed by atoms with Gasteiger partial charge in [0.25, 0.3) is 5.91 Å². The summed E-state index contributed by atoms with van der Waals surface area (Å²) in [6.45, 7) is 3.38. The van der Waals surface area contributed by atoms with E-state index in [0.717, 1.165) is 17.7 Å². The molecule has 0 unspecified atom stereocenters. The summed E-state index contributed by atoms with van der Waals surface area (Å²) < 4.78 is 16.1. The normalized spacial score (nSPS) is 18.0. The van der Waals surface area contributed by atoms with E-state index >= 15 is 0 Å². The molecule has 0 saturated carbocycles. The van der Waals surface area contributed by atoms with Crippen LogP contribution in [0.2, 0.25) is 0 Å². The molecule has 1 aliphatic heterocycles. The Balaban J connectivity index is 1.62. The number of aryl methyl sites for hydroxylation is 1. The van der Waals surface area contributed by atoms with Crippen molar-refractivity contribution in [3.05, 3.63) is 47.7 Å². The maximum atomic E-state index is 12.4. The fourth-order valence-corrected chi connectivity index (χ4v) is 2.68. The molecule has 0 N–H and O–H groups in total. The number of ether oxygens (including phenoxy) is 2. The fourth-order valence-electron chi connectivity index (χ4n) is 2.68. The van der Waals surface area contributed by atoms with Crippen molar-refractivity contribution in [3.8, 4) is 5.75 Å². The molecule has 1 aromatic heterocycles. The van der Waals surface area contributed by atoms with Crippen LogP contribution >= 0.6 is 0 Å². The molecule has 6 heteroatoms. The molecule has 1 saturated heterocycles. The van der Waals surface area contributed by atoms with Crippen LogP contribution in [0.15, 0.2) is 34.9 Å². The van der Waals surface area contributed by atoms with Crippen LogP contribution in [0.3, 0.4) is 0 Å². The number of morpholine rings is 1. The van der Waals surface area contributed by atoms with Crippen molar-refractivity contribution in [1.29, 1.82) is 0 Å². The Kier molecular flexibility index (Phi) is 4.62. The number of hydrogen-bond acceptors (Lipinski definition) is 5. The van der Waals surface area contributed by atoms with Crippen molar-refractivity contribution in [3.63, 3.8) is 0 Å². The molecule has 0 aliphatic carbocycles. The van der Waals surface area contributed by atoms with Crippen molar-refractivity contribution in [2.24, 2.45) is 0 Å². The lowest BCUT2D eigenvalue weighted by Gasteiger charge is -2.32. The Morgan fingerprint density at radius 1 is 1.39 bits per heavy atom. The van der Waals surface area contributed by atoms with Gasteiger partial charge in [-0.2, -0.15) is 0 Å². The van der Waals surface area contributed by atoms with Crippen LogP contribution < -0.4 is 4.74 Å². The number of nitrogens with zero attached hydrogens (tertiary/aromatic N) is 2. The zero-order chi connectivity index (χ0) is 16.2. The largest absolute Gasteiger partial charge is 0.497 e. The molecule has 1 amide bonds. The highest BCUT2D eigenvalue weighted by molar-refractivity contribution is 5.92. The van der Waals surface area contributed by atoms with Gasteiger partial charge in [0.05, 0.1) is 19.8 Å². The first-order valence-electron chi connectivity index (χ1n) is 7.61.